The van der Waals surface area contributed by atoms with E-state index >= 15 is 0 Å². The first kappa shape index (κ1) is 13.1. The second-order valence-electron chi connectivity index (χ2n) is 6.61. The lowest BCUT2D eigenvalue weighted by atomic mass is 9.95. The largest absolute Gasteiger partial charge is 0.317 e. The minimum atomic E-state index is 0.696. The van der Waals surface area contributed by atoms with Crippen LogP contribution >= 0.6 is 11.8 Å². The fourth-order valence-electron chi connectivity index (χ4n) is 3.33. The number of hydrogen-bond donors (Lipinski definition) is 1. The third kappa shape index (κ3) is 2.62. The second kappa shape index (κ2) is 5.34. The van der Waals surface area contributed by atoms with Crippen LogP contribution in [-0.4, -0.2) is 33.1 Å². The molecule has 0 radical (unpaired) electrons. The van der Waals surface area contributed by atoms with E-state index in [-0.39, 0.29) is 0 Å². The van der Waals surface area contributed by atoms with Crippen LogP contribution in [0.4, 0.5) is 0 Å². The molecule has 4 rings (SSSR count). The van der Waals surface area contributed by atoms with Crippen molar-refractivity contribution < 1.29 is 0 Å². The standard InChI is InChI=1S/C15H24N4S/c1-16-11-3-2-4-13(9-11)20-15-18-17-14(10-5-6-10)19(15)12-7-8-12/h10-13,16H,2-9H2,1H3. The predicted molar refractivity (Wildman–Crippen MR) is 81.2 cm³/mol. The van der Waals surface area contributed by atoms with E-state index in [1.54, 1.807) is 0 Å². The van der Waals surface area contributed by atoms with E-state index < -0.39 is 0 Å². The summed E-state index contributed by atoms with van der Waals surface area (Å²) in [7, 11) is 2.09. The summed E-state index contributed by atoms with van der Waals surface area (Å²) in [6.45, 7) is 0. The van der Waals surface area contributed by atoms with Gasteiger partial charge in [-0.1, -0.05) is 18.2 Å². The molecule has 3 aliphatic carbocycles. The molecule has 0 aliphatic heterocycles. The third-order valence-corrected chi connectivity index (χ3v) is 6.10. The Morgan fingerprint density at radius 3 is 2.65 bits per heavy atom. The van der Waals surface area contributed by atoms with Crippen LogP contribution in [0, 0.1) is 0 Å². The Labute approximate surface area is 125 Å². The molecule has 0 aromatic carbocycles. The molecular weight excluding hydrogens is 268 g/mol. The summed E-state index contributed by atoms with van der Waals surface area (Å²) >= 11 is 1.99. The van der Waals surface area contributed by atoms with Gasteiger partial charge in [0.05, 0.1) is 0 Å². The average molecular weight is 292 g/mol. The zero-order valence-corrected chi connectivity index (χ0v) is 13.0. The summed E-state index contributed by atoms with van der Waals surface area (Å²) < 4.78 is 2.49. The van der Waals surface area contributed by atoms with Gasteiger partial charge in [-0.2, -0.15) is 0 Å². The van der Waals surface area contributed by atoms with E-state index in [4.69, 9.17) is 0 Å². The van der Waals surface area contributed by atoms with Gasteiger partial charge in [0.1, 0.15) is 5.82 Å². The Kier molecular flexibility index (Phi) is 3.50. The number of rotatable bonds is 5. The summed E-state index contributed by atoms with van der Waals surface area (Å²) in [6, 6.07) is 1.41. The van der Waals surface area contributed by atoms with Gasteiger partial charge in [-0.3, -0.25) is 0 Å². The molecule has 0 bridgehead atoms. The number of aromatic nitrogens is 3. The van der Waals surface area contributed by atoms with Gasteiger partial charge in [-0.25, -0.2) is 0 Å². The van der Waals surface area contributed by atoms with Gasteiger partial charge in [0.25, 0.3) is 0 Å². The van der Waals surface area contributed by atoms with Crippen molar-refractivity contribution in [1.82, 2.24) is 20.1 Å². The molecule has 1 heterocycles. The van der Waals surface area contributed by atoms with Gasteiger partial charge in [-0.05, 0) is 52.0 Å². The number of hydrogen-bond acceptors (Lipinski definition) is 4. The maximum Gasteiger partial charge on any atom is 0.191 e. The normalized spacial score (nSPS) is 30.6. The second-order valence-corrected chi connectivity index (χ2v) is 7.88. The van der Waals surface area contributed by atoms with E-state index in [0.717, 1.165) is 5.25 Å². The van der Waals surface area contributed by atoms with Gasteiger partial charge in [0.15, 0.2) is 5.16 Å². The Morgan fingerprint density at radius 2 is 1.95 bits per heavy atom. The van der Waals surface area contributed by atoms with E-state index in [0.29, 0.717) is 18.0 Å². The van der Waals surface area contributed by atoms with E-state index in [1.807, 2.05) is 11.8 Å². The van der Waals surface area contributed by atoms with Crippen LogP contribution in [0.2, 0.25) is 0 Å². The van der Waals surface area contributed by atoms with Crippen LogP contribution in [0.1, 0.15) is 69.2 Å². The van der Waals surface area contributed by atoms with E-state index in [9.17, 15) is 0 Å². The van der Waals surface area contributed by atoms with E-state index in [2.05, 4.69) is 27.1 Å². The average Bonchev–Trinajstić information content (AvgIpc) is 3.38. The fourth-order valence-corrected chi connectivity index (χ4v) is 4.68. The highest BCUT2D eigenvalue weighted by Gasteiger charge is 2.37. The predicted octanol–water partition coefficient (Wildman–Crippen LogP) is 3.11. The van der Waals surface area contributed by atoms with Gasteiger partial charge in [0, 0.05) is 23.3 Å². The minimum absolute atomic E-state index is 0.696. The van der Waals surface area contributed by atoms with Crippen LogP contribution in [0.15, 0.2) is 5.16 Å². The van der Waals surface area contributed by atoms with Crippen molar-refractivity contribution in [3.8, 4) is 0 Å². The monoisotopic (exact) mass is 292 g/mol. The van der Waals surface area contributed by atoms with Crippen LogP contribution in [-0.2, 0) is 0 Å². The molecule has 2 unspecified atom stereocenters. The van der Waals surface area contributed by atoms with Gasteiger partial charge in [0.2, 0.25) is 0 Å². The number of thioether (sulfide) groups is 1. The first-order chi connectivity index (χ1) is 9.85. The van der Waals surface area contributed by atoms with Crippen molar-refractivity contribution in [1.29, 1.82) is 0 Å². The quantitative estimate of drug-likeness (QED) is 0.905. The highest BCUT2D eigenvalue weighted by molar-refractivity contribution is 7.99. The molecule has 2 atom stereocenters. The lowest BCUT2D eigenvalue weighted by Crippen LogP contribution is -2.32. The van der Waals surface area contributed by atoms with Crippen LogP contribution in [0.3, 0.4) is 0 Å². The van der Waals surface area contributed by atoms with Crippen molar-refractivity contribution >= 4 is 11.8 Å². The molecule has 20 heavy (non-hydrogen) atoms. The summed E-state index contributed by atoms with van der Waals surface area (Å²) in [5.41, 5.74) is 0. The van der Waals surface area contributed by atoms with Crippen LogP contribution in [0.25, 0.3) is 0 Å². The molecule has 4 nitrogen and oxygen atoms in total. The first-order valence-corrected chi connectivity index (χ1v) is 9.02. The minimum Gasteiger partial charge on any atom is -0.317 e. The summed E-state index contributed by atoms with van der Waals surface area (Å²) in [6.07, 6.45) is 10.6. The molecule has 0 saturated heterocycles. The lowest BCUT2D eigenvalue weighted by molar-refractivity contribution is 0.402. The fraction of sp³-hybridized carbons (Fsp3) is 0.867. The molecule has 1 aromatic rings. The van der Waals surface area contributed by atoms with E-state index in [1.165, 1.54) is 62.3 Å². The highest BCUT2D eigenvalue weighted by Crippen LogP contribution is 2.47. The first-order valence-electron chi connectivity index (χ1n) is 8.14. The zero-order valence-electron chi connectivity index (χ0n) is 12.2. The Bertz CT molecular complexity index is 478. The molecule has 1 N–H and O–H groups in total. The molecule has 5 heteroatoms. The maximum absolute atomic E-state index is 4.54. The van der Waals surface area contributed by atoms with Crippen LogP contribution < -0.4 is 5.32 Å². The van der Waals surface area contributed by atoms with Crippen molar-refractivity contribution in [2.75, 3.05) is 7.05 Å². The molecule has 1 aromatic heterocycles. The van der Waals surface area contributed by atoms with Crippen molar-refractivity contribution in [2.24, 2.45) is 0 Å². The Morgan fingerprint density at radius 1 is 1.10 bits per heavy atom. The lowest BCUT2D eigenvalue weighted by Gasteiger charge is -2.28. The molecule has 0 amide bonds. The molecule has 110 valence electrons. The molecular formula is C15H24N4S. The van der Waals surface area contributed by atoms with Gasteiger partial charge in [-0.15, -0.1) is 10.2 Å². The van der Waals surface area contributed by atoms with Crippen molar-refractivity contribution in [3.05, 3.63) is 5.82 Å². The number of nitrogens with zero attached hydrogens (tertiary/aromatic N) is 3. The van der Waals surface area contributed by atoms with Gasteiger partial charge >= 0.3 is 0 Å². The molecule has 3 fully saturated rings. The van der Waals surface area contributed by atoms with Crippen LogP contribution in [0.5, 0.6) is 0 Å². The third-order valence-electron chi connectivity index (χ3n) is 4.85. The van der Waals surface area contributed by atoms with Crippen molar-refractivity contribution in [2.45, 2.75) is 79.8 Å². The SMILES string of the molecule is CNC1CCCC(Sc2nnc(C3CC3)n2C2CC2)C1. The Balaban J connectivity index is 1.50. The highest BCUT2D eigenvalue weighted by atomic mass is 32.2. The molecule has 3 aliphatic rings. The molecule has 3 saturated carbocycles. The summed E-state index contributed by atoms with van der Waals surface area (Å²) in [5.74, 6) is 2.00. The summed E-state index contributed by atoms with van der Waals surface area (Å²) in [4.78, 5) is 0. The maximum atomic E-state index is 4.54. The topological polar surface area (TPSA) is 42.7 Å². The van der Waals surface area contributed by atoms with Crippen molar-refractivity contribution in [3.63, 3.8) is 0 Å². The zero-order chi connectivity index (χ0) is 13.5. The smallest absolute Gasteiger partial charge is 0.191 e. The number of nitrogens with one attached hydrogen (secondary N) is 1. The summed E-state index contributed by atoms with van der Waals surface area (Å²) in [5, 5.41) is 14.4. The van der Waals surface area contributed by atoms with Gasteiger partial charge < -0.3 is 9.88 Å². The Hall–Kier alpha value is -0.550. The molecule has 0 spiro atoms.